The Labute approximate surface area is 278 Å². The second-order valence-corrected chi connectivity index (χ2v) is 15.3. The van der Waals surface area contributed by atoms with Crippen LogP contribution in [-0.4, -0.2) is 61.7 Å². The number of amides is 4. The summed E-state index contributed by atoms with van der Waals surface area (Å²) in [5.41, 5.74) is -0.440. The van der Waals surface area contributed by atoms with E-state index in [1.54, 1.807) is 13.0 Å². The summed E-state index contributed by atoms with van der Waals surface area (Å²) in [6.45, 7) is 8.68. The van der Waals surface area contributed by atoms with Crippen LogP contribution >= 0.6 is 11.6 Å². The minimum atomic E-state index is -1.30. The van der Waals surface area contributed by atoms with E-state index in [1.807, 2.05) is 0 Å². The third-order valence-electron chi connectivity index (χ3n) is 9.89. The molecule has 4 aliphatic carbocycles. The highest BCUT2D eigenvalue weighted by Crippen LogP contribution is 2.70. The molecule has 4 amide bonds. The summed E-state index contributed by atoms with van der Waals surface area (Å²) in [4.78, 5) is 81.5. The van der Waals surface area contributed by atoms with Gasteiger partial charge in [0.05, 0.1) is 6.20 Å². The molecule has 0 unspecified atom stereocenters. The van der Waals surface area contributed by atoms with Crippen LogP contribution in [0.25, 0.3) is 0 Å². The number of pyridine rings is 1. The second-order valence-electron chi connectivity index (χ2n) is 15.0. The van der Waals surface area contributed by atoms with E-state index in [4.69, 9.17) is 11.6 Å². The summed E-state index contributed by atoms with van der Waals surface area (Å²) < 4.78 is 2.55. The number of nitrogens with zero attached hydrogens (tertiary/aromatic N) is 3. The molecule has 2 aromatic rings. The predicted octanol–water partition coefficient (Wildman–Crippen LogP) is 2.71. The molecule has 254 valence electrons. The molecule has 0 saturated heterocycles. The lowest BCUT2D eigenvalue weighted by atomic mass is 9.38. The molecule has 13 nitrogen and oxygen atoms in total. The number of aromatic nitrogens is 3. The molecule has 4 aliphatic rings. The molecule has 4 saturated carbocycles. The zero-order valence-electron chi connectivity index (χ0n) is 27.6. The topological polar surface area (TPSA) is 173 Å². The number of anilines is 1. The van der Waals surface area contributed by atoms with E-state index >= 15 is 0 Å². The van der Waals surface area contributed by atoms with Crippen LogP contribution in [0.2, 0.25) is 5.28 Å². The first-order valence-electron chi connectivity index (χ1n) is 16.1. The van der Waals surface area contributed by atoms with E-state index in [9.17, 15) is 28.8 Å². The van der Waals surface area contributed by atoms with Gasteiger partial charge in [0, 0.05) is 31.7 Å². The van der Waals surface area contributed by atoms with Crippen molar-refractivity contribution in [2.75, 3.05) is 11.9 Å². The number of carbonyl (C=O) groups excluding carboxylic acids is 5. The second kappa shape index (κ2) is 12.6. The van der Waals surface area contributed by atoms with Crippen molar-refractivity contribution in [2.24, 2.45) is 23.3 Å². The van der Waals surface area contributed by atoms with E-state index in [-0.39, 0.29) is 70.3 Å². The first-order valence-corrected chi connectivity index (χ1v) is 16.5. The fourth-order valence-electron chi connectivity index (χ4n) is 9.64. The third-order valence-corrected chi connectivity index (χ3v) is 10.2. The SMILES string of the molecule is CCNC(=O)C(=O)CC[C@H](NC(=O)c1cnc(Cl)n1C)C(=O)Nc1cccn(CC(=O)NC23CC4(C)CC(C)(CC(C)(C4)C2)C3)c1=O. The molecule has 4 bridgehead atoms. The fraction of sp³-hybridized carbons (Fsp3) is 0.606. The molecule has 0 spiro atoms. The van der Waals surface area contributed by atoms with Crippen molar-refractivity contribution in [3.8, 4) is 0 Å². The van der Waals surface area contributed by atoms with Gasteiger partial charge in [0.15, 0.2) is 0 Å². The third kappa shape index (κ3) is 7.29. The number of nitrogens with one attached hydrogen (secondary N) is 4. The molecule has 2 heterocycles. The lowest BCUT2D eigenvalue weighted by Gasteiger charge is -2.69. The maximum atomic E-state index is 13.5. The largest absolute Gasteiger partial charge is 0.350 e. The number of Topliss-reactive ketones (excluding diaryl/α,β-unsaturated/α-hetero) is 1. The van der Waals surface area contributed by atoms with E-state index in [0.717, 1.165) is 38.5 Å². The average molecular weight is 670 g/mol. The molecule has 47 heavy (non-hydrogen) atoms. The zero-order chi connectivity index (χ0) is 34.4. The van der Waals surface area contributed by atoms with Crippen molar-refractivity contribution in [3.05, 3.63) is 45.9 Å². The van der Waals surface area contributed by atoms with Gasteiger partial charge in [-0.2, -0.15) is 0 Å². The molecule has 4 N–H and O–H groups in total. The first kappa shape index (κ1) is 34.3. The van der Waals surface area contributed by atoms with Crippen molar-refractivity contribution >= 4 is 46.7 Å². The predicted molar refractivity (Wildman–Crippen MR) is 175 cm³/mol. The quantitative estimate of drug-likeness (QED) is 0.252. The fourth-order valence-corrected chi connectivity index (χ4v) is 9.78. The van der Waals surface area contributed by atoms with Crippen molar-refractivity contribution in [1.82, 2.24) is 30.1 Å². The number of rotatable bonds is 12. The highest BCUT2D eigenvalue weighted by molar-refractivity contribution is 6.36. The molecule has 1 atom stereocenters. The normalized spacial score (nSPS) is 28.0. The highest BCUT2D eigenvalue weighted by Gasteiger charge is 2.64. The molecule has 0 aromatic carbocycles. The van der Waals surface area contributed by atoms with Crippen LogP contribution in [0.5, 0.6) is 0 Å². The summed E-state index contributed by atoms with van der Waals surface area (Å²) >= 11 is 5.96. The van der Waals surface area contributed by atoms with Crippen LogP contribution in [0, 0.1) is 16.2 Å². The van der Waals surface area contributed by atoms with E-state index in [1.165, 1.54) is 34.6 Å². The Hall–Kier alpha value is -4.00. The smallest absolute Gasteiger partial charge is 0.287 e. The van der Waals surface area contributed by atoms with Crippen molar-refractivity contribution in [2.45, 2.75) is 97.2 Å². The first-order chi connectivity index (χ1) is 22.0. The van der Waals surface area contributed by atoms with Crippen LogP contribution in [0.3, 0.4) is 0 Å². The maximum Gasteiger partial charge on any atom is 0.287 e. The zero-order valence-corrected chi connectivity index (χ0v) is 28.4. The molecule has 6 rings (SSSR count). The van der Waals surface area contributed by atoms with Gasteiger partial charge in [-0.15, -0.1) is 0 Å². The van der Waals surface area contributed by atoms with Crippen molar-refractivity contribution in [1.29, 1.82) is 0 Å². The van der Waals surface area contributed by atoms with Crippen molar-refractivity contribution in [3.63, 3.8) is 0 Å². The summed E-state index contributed by atoms with van der Waals surface area (Å²) in [6, 6.07) is 1.64. The molecular weight excluding hydrogens is 626 g/mol. The Kier molecular flexibility index (Phi) is 9.17. The van der Waals surface area contributed by atoms with Crippen LogP contribution in [-0.2, 0) is 32.8 Å². The Morgan fingerprint density at radius 1 is 1.00 bits per heavy atom. The summed E-state index contributed by atoms with van der Waals surface area (Å²) in [6.07, 6.45) is 8.39. The minimum Gasteiger partial charge on any atom is -0.350 e. The van der Waals surface area contributed by atoms with Gasteiger partial charge in [0.2, 0.25) is 22.9 Å². The molecular formula is C33H44ClN7O6. The number of likely N-dealkylation sites (N-methyl/N-ethyl adjacent to an activating group) is 1. The van der Waals surface area contributed by atoms with Gasteiger partial charge in [-0.1, -0.05) is 20.8 Å². The van der Waals surface area contributed by atoms with Gasteiger partial charge in [-0.25, -0.2) is 4.98 Å². The summed E-state index contributed by atoms with van der Waals surface area (Å²) in [5, 5.41) is 10.9. The Bertz CT molecular complexity index is 1630. The number of carbonyl (C=O) groups is 5. The van der Waals surface area contributed by atoms with Gasteiger partial charge < -0.3 is 30.4 Å². The van der Waals surface area contributed by atoms with Gasteiger partial charge in [0.1, 0.15) is 24.0 Å². The number of imidazole rings is 1. The standard InChI is InChI=1S/C33H44ClN7O6/c1-6-35-27(46)23(42)10-9-20(37-26(45)22-12-36-29(34)40(22)5)25(44)38-21-8-7-11-41(28(21)47)13-24(43)39-33-17-30(2)14-31(3,18-33)16-32(4,15-30)19-33/h7-8,11-12,20H,6,9-10,13-19H2,1-5H3,(H,35,46)(H,37,45)(H,38,44)(H,39,43)/t20-,30?,31?,32?,33?/m0/s1. The van der Waals surface area contributed by atoms with E-state index < -0.39 is 35.1 Å². The maximum absolute atomic E-state index is 13.5. The monoisotopic (exact) mass is 669 g/mol. The lowest BCUT2D eigenvalue weighted by molar-refractivity contribution is -0.164. The Balaban J connectivity index is 1.29. The lowest BCUT2D eigenvalue weighted by Crippen LogP contribution is -2.68. The number of halogens is 1. The molecule has 14 heteroatoms. The molecule has 4 fully saturated rings. The minimum absolute atomic E-state index is 0.0530. The Morgan fingerprint density at radius 3 is 2.17 bits per heavy atom. The average Bonchev–Trinajstić information content (AvgIpc) is 3.27. The van der Waals surface area contributed by atoms with Gasteiger partial charge in [-0.05, 0) is 91.8 Å². The number of hydrogen-bond acceptors (Lipinski definition) is 7. The van der Waals surface area contributed by atoms with Gasteiger partial charge >= 0.3 is 0 Å². The van der Waals surface area contributed by atoms with E-state index in [2.05, 4.69) is 47.0 Å². The summed E-state index contributed by atoms with van der Waals surface area (Å²) in [7, 11) is 1.52. The number of hydrogen-bond donors (Lipinski definition) is 4. The molecule has 2 aromatic heterocycles. The van der Waals surface area contributed by atoms with Crippen LogP contribution < -0.4 is 26.8 Å². The van der Waals surface area contributed by atoms with Gasteiger partial charge in [-0.3, -0.25) is 28.8 Å². The van der Waals surface area contributed by atoms with E-state index in [0.29, 0.717) is 0 Å². The van der Waals surface area contributed by atoms with Crippen molar-refractivity contribution < 1.29 is 24.0 Å². The van der Waals surface area contributed by atoms with Crippen LogP contribution in [0.4, 0.5) is 5.69 Å². The summed E-state index contributed by atoms with van der Waals surface area (Å²) in [5.74, 6) is -3.30. The molecule has 0 aliphatic heterocycles. The van der Waals surface area contributed by atoms with Crippen LogP contribution in [0.1, 0.15) is 89.5 Å². The number of ketones is 1. The van der Waals surface area contributed by atoms with Gasteiger partial charge in [0.25, 0.3) is 17.4 Å². The highest BCUT2D eigenvalue weighted by atomic mass is 35.5. The Morgan fingerprint density at radius 2 is 1.62 bits per heavy atom. The van der Waals surface area contributed by atoms with Crippen LogP contribution in [0.15, 0.2) is 29.3 Å². The molecule has 0 radical (unpaired) electrons.